The van der Waals surface area contributed by atoms with E-state index in [-0.39, 0.29) is 6.23 Å². The predicted molar refractivity (Wildman–Crippen MR) is 34.7 cm³/mol. The van der Waals surface area contributed by atoms with Crippen molar-refractivity contribution in [2.24, 2.45) is 0 Å². The van der Waals surface area contributed by atoms with Crippen LogP contribution in [0.25, 0.3) is 0 Å². The predicted octanol–water partition coefficient (Wildman–Crippen LogP) is 0.754. The Hall–Kier alpha value is -0.340. The molecule has 0 aromatic rings. The summed E-state index contributed by atoms with van der Waals surface area (Å²) in [4.78, 5) is 0. The second-order valence-electron chi connectivity index (χ2n) is 1.75. The zero-order chi connectivity index (χ0) is 6.57. The molecule has 0 rings (SSSR count). The molecule has 1 unspecified atom stereocenters. The van der Waals surface area contributed by atoms with Gasteiger partial charge in [-0.3, -0.25) is 5.32 Å². The summed E-state index contributed by atoms with van der Waals surface area (Å²) in [5.74, 6) is 0. The second-order valence-corrected chi connectivity index (χ2v) is 1.75. The third-order valence-electron chi connectivity index (χ3n) is 0.945. The molecule has 0 saturated carbocycles. The molecule has 0 heterocycles. The molecular weight excluding hydrogens is 102 g/mol. The standard InChI is InChI=1S/C6H13NO/c1-5(2)6(7-3)8-4/h6-7H,1H2,2-4H3. The molecule has 0 aromatic heterocycles. The van der Waals surface area contributed by atoms with Crippen LogP contribution in [0.2, 0.25) is 0 Å². The van der Waals surface area contributed by atoms with E-state index in [1.54, 1.807) is 7.11 Å². The molecule has 48 valence electrons. The van der Waals surface area contributed by atoms with Gasteiger partial charge in [0.1, 0.15) is 6.23 Å². The van der Waals surface area contributed by atoms with Crippen LogP contribution in [-0.2, 0) is 4.74 Å². The molecule has 0 aliphatic rings. The number of ether oxygens (including phenoxy) is 1. The molecule has 0 aliphatic heterocycles. The summed E-state index contributed by atoms with van der Waals surface area (Å²) in [6.07, 6.45) is 0.00926. The third-order valence-corrected chi connectivity index (χ3v) is 0.945. The number of likely N-dealkylation sites (N-methyl/N-ethyl adjacent to an activating group) is 1. The van der Waals surface area contributed by atoms with Gasteiger partial charge in [-0.25, -0.2) is 0 Å². The van der Waals surface area contributed by atoms with Crippen LogP contribution in [0.3, 0.4) is 0 Å². The summed E-state index contributed by atoms with van der Waals surface area (Å²) in [6, 6.07) is 0. The van der Waals surface area contributed by atoms with Gasteiger partial charge in [0.2, 0.25) is 0 Å². The van der Waals surface area contributed by atoms with Gasteiger partial charge in [-0.15, -0.1) is 0 Å². The molecule has 0 amide bonds. The average molecular weight is 115 g/mol. The van der Waals surface area contributed by atoms with Gasteiger partial charge in [0.05, 0.1) is 0 Å². The van der Waals surface area contributed by atoms with E-state index in [2.05, 4.69) is 11.9 Å². The average Bonchev–Trinajstić information content (AvgIpc) is 1.69. The monoisotopic (exact) mass is 115 g/mol. The van der Waals surface area contributed by atoms with E-state index in [9.17, 15) is 0 Å². The molecule has 0 aromatic carbocycles. The molecule has 2 nitrogen and oxygen atoms in total. The van der Waals surface area contributed by atoms with Crippen molar-refractivity contribution in [2.75, 3.05) is 14.2 Å². The molecule has 0 spiro atoms. The Morgan fingerprint density at radius 2 is 2.25 bits per heavy atom. The Kier molecular flexibility index (Phi) is 3.48. The Labute approximate surface area is 50.5 Å². The minimum atomic E-state index is 0.00926. The van der Waals surface area contributed by atoms with Gasteiger partial charge < -0.3 is 4.74 Å². The van der Waals surface area contributed by atoms with Gasteiger partial charge in [-0.2, -0.15) is 0 Å². The summed E-state index contributed by atoms with van der Waals surface area (Å²) in [5, 5.41) is 2.93. The molecule has 0 aliphatic carbocycles. The van der Waals surface area contributed by atoms with Crippen LogP contribution in [0.5, 0.6) is 0 Å². The number of rotatable bonds is 3. The van der Waals surface area contributed by atoms with E-state index >= 15 is 0 Å². The van der Waals surface area contributed by atoms with Crippen molar-refractivity contribution in [3.05, 3.63) is 12.2 Å². The van der Waals surface area contributed by atoms with Crippen molar-refractivity contribution in [1.82, 2.24) is 5.32 Å². The highest BCUT2D eigenvalue weighted by Crippen LogP contribution is 1.95. The van der Waals surface area contributed by atoms with Crippen LogP contribution in [0, 0.1) is 0 Å². The molecule has 0 saturated heterocycles. The Balaban J connectivity index is 3.52. The maximum atomic E-state index is 4.95. The Morgan fingerprint density at radius 3 is 2.25 bits per heavy atom. The van der Waals surface area contributed by atoms with E-state index in [1.165, 1.54) is 0 Å². The van der Waals surface area contributed by atoms with Crippen LogP contribution < -0.4 is 5.32 Å². The second kappa shape index (κ2) is 3.64. The highest BCUT2D eigenvalue weighted by Gasteiger charge is 2.00. The fourth-order valence-electron chi connectivity index (χ4n) is 0.565. The van der Waals surface area contributed by atoms with Gasteiger partial charge in [0.15, 0.2) is 0 Å². The van der Waals surface area contributed by atoms with Gasteiger partial charge in [-0.1, -0.05) is 6.58 Å². The lowest BCUT2D eigenvalue weighted by molar-refractivity contribution is 0.110. The topological polar surface area (TPSA) is 21.3 Å². The van der Waals surface area contributed by atoms with Gasteiger partial charge in [0.25, 0.3) is 0 Å². The maximum Gasteiger partial charge on any atom is 0.129 e. The third kappa shape index (κ3) is 2.09. The van der Waals surface area contributed by atoms with E-state index in [0.717, 1.165) is 5.57 Å². The van der Waals surface area contributed by atoms with E-state index in [4.69, 9.17) is 4.74 Å². The molecule has 0 radical (unpaired) electrons. The molecule has 1 N–H and O–H groups in total. The minimum Gasteiger partial charge on any atom is -0.363 e. The fraction of sp³-hybridized carbons (Fsp3) is 0.667. The minimum absolute atomic E-state index is 0.00926. The molecule has 0 bridgehead atoms. The van der Waals surface area contributed by atoms with Crippen molar-refractivity contribution in [1.29, 1.82) is 0 Å². The largest absolute Gasteiger partial charge is 0.363 e. The first-order chi connectivity index (χ1) is 3.72. The first-order valence-electron chi connectivity index (χ1n) is 2.57. The van der Waals surface area contributed by atoms with Crippen LogP contribution in [0.15, 0.2) is 12.2 Å². The SMILES string of the molecule is C=C(C)C(NC)OC. The molecular formula is C6H13NO. The summed E-state index contributed by atoms with van der Waals surface area (Å²) in [6.45, 7) is 5.63. The zero-order valence-corrected chi connectivity index (χ0v) is 5.69. The smallest absolute Gasteiger partial charge is 0.129 e. The lowest BCUT2D eigenvalue weighted by atomic mass is 10.3. The van der Waals surface area contributed by atoms with Gasteiger partial charge >= 0.3 is 0 Å². The van der Waals surface area contributed by atoms with Gasteiger partial charge in [0, 0.05) is 7.11 Å². The lowest BCUT2D eigenvalue weighted by Crippen LogP contribution is -2.27. The van der Waals surface area contributed by atoms with Crippen molar-refractivity contribution >= 4 is 0 Å². The van der Waals surface area contributed by atoms with Crippen LogP contribution >= 0.6 is 0 Å². The summed E-state index contributed by atoms with van der Waals surface area (Å²) >= 11 is 0. The number of nitrogens with one attached hydrogen (secondary N) is 1. The summed E-state index contributed by atoms with van der Waals surface area (Å²) < 4.78 is 4.95. The lowest BCUT2D eigenvalue weighted by Gasteiger charge is -2.12. The van der Waals surface area contributed by atoms with Crippen LogP contribution in [-0.4, -0.2) is 20.4 Å². The summed E-state index contributed by atoms with van der Waals surface area (Å²) in [5.41, 5.74) is 0.995. The Morgan fingerprint density at radius 1 is 1.75 bits per heavy atom. The molecule has 0 fully saturated rings. The first-order valence-corrected chi connectivity index (χ1v) is 2.57. The first kappa shape index (κ1) is 7.66. The zero-order valence-electron chi connectivity index (χ0n) is 5.69. The highest BCUT2D eigenvalue weighted by molar-refractivity contribution is 4.95. The van der Waals surface area contributed by atoms with E-state index in [0.29, 0.717) is 0 Å². The van der Waals surface area contributed by atoms with Crippen molar-refractivity contribution in [2.45, 2.75) is 13.2 Å². The number of hydrogen-bond acceptors (Lipinski definition) is 2. The van der Waals surface area contributed by atoms with E-state index < -0.39 is 0 Å². The van der Waals surface area contributed by atoms with Crippen LogP contribution in [0.4, 0.5) is 0 Å². The highest BCUT2D eigenvalue weighted by atomic mass is 16.5. The normalized spacial score (nSPS) is 13.4. The van der Waals surface area contributed by atoms with Gasteiger partial charge in [-0.05, 0) is 19.5 Å². The molecule has 8 heavy (non-hydrogen) atoms. The molecule has 1 atom stereocenters. The van der Waals surface area contributed by atoms with Crippen molar-refractivity contribution in [3.8, 4) is 0 Å². The number of hydrogen-bond donors (Lipinski definition) is 1. The number of methoxy groups -OCH3 is 1. The Bertz CT molecular complexity index is 76.6. The fourth-order valence-corrected chi connectivity index (χ4v) is 0.565. The van der Waals surface area contributed by atoms with Crippen molar-refractivity contribution < 1.29 is 4.74 Å². The van der Waals surface area contributed by atoms with Crippen molar-refractivity contribution in [3.63, 3.8) is 0 Å². The summed E-state index contributed by atoms with van der Waals surface area (Å²) in [7, 11) is 3.48. The van der Waals surface area contributed by atoms with E-state index in [1.807, 2.05) is 14.0 Å². The van der Waals surface area contributed by atoms with Crippen LogP contribution in [0.1, 0.15) is 6.92 Å². The maximum absolute atomic E-state index is 4.95. The molecule has 2 heteroatoms. The quantitative estimate of drug-likeness (QED) is 0.433.